The van der Waals surface area contributed by atoms with Gasteiger partial charge in [-0.2, -0.15) is 0 Å². The van der Waals surface area contributed by atoms with Crippen molar-refractivity contribution >= 4 is 23.6 Å². The van der Waals surface area contributed by atoms with Crippen molar-refractivity contribution in [1.29, 1.82) is 0 Å². The number of nitrogens with one attached hydrogen (secondary N) is 2. The van der Waals surface area contributed by atoms with Crippen LogP contribution in [0.1, 0.15) is 57.8 Å². The fourth-order valence-corrected chi connectivity index (χ4v) is 5.82. The molecule has 0 aromatic carbocycles. The lowest BCUT2D eigenvalue weighted by Crippen LogP contribution is -2.67. The third-order valence-corrected chi connectivity index (χ3v) is 6.90. The average molecular weight is 350 g/mol. The smallest absolute Gasteiger partial charge is 0.249 e. The average Bonchev–Trinajstić information content (AvgIpc) is 3.24. The second kappa shape index (κ2) is 5.72. The molecule has 2 amide bonds. The summed E-state index contributed by atoms with van der Waals surface area (Å²) < 4.78 is -0.216. The molecule has 2 saturated heterocycles. The van der Waals surface area contributed by atoms with Crippen molar-refractivity contribution in [3.8, 4) is 0 Å². The first-order valence-corrected chi connectivity index (χ1v) is 9.38. The number of amides is 2. The van der Waals surface area contributed by atoms with Gasteiger partial charge < -0.3 is 10.2 Å². The highest BCUT2D eigenvalue weighted by atomic mass is 32.2. The van der Waals surface area contributed by atoms with Gasteiger partial charge in [0.15, 0.2) is 5.82 Å². The van der Waals surface area contributed by atoms with Gasteiger partial charge in [-0.05, 0) is 43.0 Å². The van der Waals surface area contributed by atoms with E-state index in [1.54, 1.807) is 16.7 Å². The van der Waals surface area contributed by atoms with Crippen LogP contribution in [0.15, 0.2) is 0 Å². The number of H-pyrrole nitrogens is 1. The fraction of sp³-hybridized carbons (Fsp3) is 0.800. The summed E-state index contributed by atoms with van der Waals surface area (Å²) in [6.45, 7) is 4.15. The zero-order valence-corrected chi connectivity index (χ0v) is 14.7. The Morgan fingerprint density at radius 1 is 1.42 bits per heavy atom. The molecule has 2 N–H and O–H groups in total. The second-order valence-corrected chi connectivity index (χ2v) is 9.22. The number of carbonyl (C=O) groups is 2. The molecule has 1 aliphatic carbocycles. The largest absolute Gasteiger partial charge is 0.342 e. The molecule has 0 bridgehead atoms. The van der Waals surface area contributed by atoms with Crippen LogP contribution < -0.4 is 5.32 Å². The van der Waals surface area contributed by atoms with E-state index in [0.717, 1.165) is 12.8 Å². The minimum absolute atomic E-state index is 0.00286. The third-order valence-electron chi connectivity index (χ3n) is 5.33. The van der Waals surface area contributed by atoms with Gasteiger partial charge in [0.2, 0.25) is 11.8 Å². The molecule has 1 aromatic heterocycles. The van der Waals surface area contributed by atoms with Crippen LogP contribution in [0.25, 0.3) is 0 Å². The molecule has 3 fully saturated rings. The van der Waals surface area contributed by atoms with E-state index in [1.165, 1.54) is 12.8 Å². The minimum atomic E-state index is -0.427. The predicted molar refractivity (Wildman–Crippen MR) is 87.7 cm³/mol. The molecule has 3 heterocycles. The van der Waals surface area contributed by atoms with Gasteiger partial charge in [-0.15, -0.1) is 16.9 Å². The summed E-state index contributed by atoms with van der Waals surface area (Å²) >= 11 is 1.70. The van der Waals surface area contributed by atoms with Crippen molar-refractivity contribution in [2.45, 2.75) is 68.2 Å². The molecule has 1 saturated carbocycles. The standard InChI is InChI=1S/C15H22N6O2S/c1-15(2)11(12-17-19-20-18-12)21-13(23)10(14(21)24-15)16-9(22)7-8-5-3-4-6-8/h8,10-11,14H,3-7H2,1-2H3,(H,16,22)(H,17,18,19,20)/t10?,11?,14-/m1/s1. The van der Waals surface area contributed by atoms with Gasteiger partial charge in [0.1, 0.15) is 17.5 Å². The van der Waals surface area contributed by atoms with Crippen LogP contribution >= 0.6 is 11.8 Å². The quantitative estimate of drug-likeness (QED) is 0.785. The Kier molecular flexibility index (Phi) is 3.78. The van der Waals surface area contributed by atoms with Crippen molar-refractivity contribution in [3.63, 3.8) is 0 Å². The molecule has 0 spiro atoms. The van der Waals surface area contributed by atoms with E-state index >= 15 is 0 Å². The lowest BCUT2D eigenvalue weighted by Gasteiger charge is -2.44. The molecule has 8 nitrogen and oxygen atoms in total. The maximum absolute atomic E-state index is 12.6. The molecular weight excluding hydrogens is 328 g/mol. The van der Waals surface area contributed by atoms with E-state index in [1.807, 2.05) is 0 Å². The number of carbonyl (C=O) groups excluding carboxylic acids is 2. The van der Waals surface area contributed by atoms with Crippen LogP contribution in [0.3, 0.4) is 0 Å². The van der Waals surface area contributed by atoms with Gasteiger partial charge in [0.05, 0.1) is 0 Å². The Morgan fingerprint density at radius 3 is 2.83 bits per heavy atom. The molecular formula is C15H22N6O2S. The molecule has 4 rings (SSSR count). The summed E-state index contributed by atoms with van der Waals surface area (Å²) in [5.74, 6) is 1.04. The summed E-state index contributed by atoms with van der Waals surface area (Å²) in [7, 11) is 0. The van der Waals surface area contributed by atoms with Crippen LogP contribution in [0.4, 0.5) is 0 Å². The van der Waals surface area contributed by atoms with Crippen LogP contribution in [0, 0.1) is 5.92 Å². The number of aromatic nitrogens is 4. The predicted octanol–water partition coefficient (Wildman–Crippen LogP) is 1.000. The first-order valence-electron chi connectivity index (χ1n) is 8.50. The molecule has 1 aromatic rings. The SMILES string of the molecule is CC1(C)S[C@@H]2C(NC(=O)CC3CCCC3)C(=O)N2C1c1nnn[nH]1. The first kappa shape index (κ1) is 15.9. The summed E-state index contributed by atoms with van der Waals surface area (Å²) in [6.07, 6.45) is 5.23. The van der Waals surface area contributed by atoms with Crippen molar-refractivity contribution < 1.29 is 9.59 Å². The van der Waals surface area contributed by atoms with Crippen molar-refractivity contribution in [2.24, 2.45) is 5.92 Å². The minimum Gasteiger partial charge on any atom is -0.342 e. The number of aromatic amines is 1. The number of hydrogen-bond acceptors (Lipinski definition) is 6. The van der Waals surface area contributed by atoms with Crippen molar-refractivity contribution in [1.82, 2.24) is 30.8 Å². The van der Waals surface area contributed by atoms with Gasteiger partial charge in [0, 0.05) is 11.2 Å². The van der Waals surface area contributed by atoms with Gasteiger partial charge in [-0.1, -0.05) is 12.8 Å². The molecule has 9 heteroatoms. The second-order valence-electron chi connectivity index (χ2n) is 7.45. The summed E-state index contributed by atoms with van der Waals surface area (Å²) in [4.78, 5) is 26.7. The van der Waals surface area contributed by atoms with Crippen molar-refractivity contribution in [2.75, 3.05) is 0 Å². The van der Waals surface area contributed by atoms with Gasteiger partial charge in [-0.25, -0.2) is 5.10 Å². The monoisotopic (exact) mass is 350 g/mol. The van der Waals surface area contributed by atoms with Gasteiger partial charge in [0.25, 0.3) is 0 Å². The molecule has 0 radical (unpaired) electrons. The van der Waals surface area contributed by atoms with Crippen molar-refractivity contribution in [3.05, 3.63) is 5.82 Å². The topological polar surface area (TPSA) is 104 Å². The first-order chi connectivity index (χ1) is 11.5. The Balaban J connectivity index is 1.44. The number of tetrazole rings is 1. The zero-order chi connectivity index (χ0) is 16.9. The number of fused-ring (bicyclic) bond motifs is 1. The van der Waals surface area contributed by atoms with E-state index < -0.39 is 6.04 Å². The Morgan fingerprint density at radius 2 is 2.17 bits per heavy atom. The van der Waals surface area contributed by atoms with E-state index in [9.17, 15) is 9.59 Å². The number of rotatable bonds is 4. The molecule has 24 heavy (non-hydrogen) atoms. The van der Waals surface area contributed by atoms with E-state index in [-0.39, 0.29) is 28.0 Å². The number of thioether (sulfide) groups is 1. The molecule has 130 valence electrons. The summed E-state index contributed by atoms with van der Waals surface area (Å²) in [5, 5.41) is 16.9. The maximum Gasteiger partial charge on any atom is 0.249 e. The third kappa shape index (κ3) is 2.49. The normalized spacial score (nSPS) is 31.8. The molecule has 2 aliphatic heterocycles. The number of β-lactam (4-membered cyclic amide) rings is 1. The van der Waals surface area contributed by atoms with Gasteiger partial charge in [-0.3, -0.25) is 9.59 Å². The highest BCUT2D eigenvalue weighted by molar-refractivity contribution is 8.01. The van der Waals surface area contributed by atoms with Crippen LogP contribution in [0.2, 0.25) is 0 Å². The Labute approximate surface area is 144 Å². The highest BCUT2D eigenvalue weighted by Crippen LogP contribution is 2.56. The Bertz CT molecular complexity index is 642. The number of hydrogen-bond donors (Lipinski definition) is 2. The summed E-state index contributed by atoms with van der Waals surface area (Å²) in [5.41, 5.74) is 0. The fourth-order valence-electron chi connectivity index (χ4n) is 4.18. The molecule has 3 atom stereocenters. The lowest BCUT2D eigenvalue weighted by atomic mass is 9.95. The van der Waals surface area contributed by atoms with Gasteiger partial charge >= 0.3 is 0 Å². The van der Waals surface area contributed by atoms with Crippen LogP contribution in [-0.2, 0) is 9.59 Å². The van der Waals surface area contributed by atoms with E-state index in [2.05, 4.69) is 39.8 Å². The molecule has 2 unspecified atom stereocenters. The Hall–Kier alpha value is -1.64. The van der Waals surface area contributed by atoms with Crippen LogP contribution in [-0.4, -0.2) is 53.5 Å². The zero-order valence-electron chi connectivity index (χ0n) is 13.9. The highest BCUT2D eigenvalue weighted by Gasteiger charge is 2.63. The lowest BCUT2D eigenvalue weighted by molar-refractivity contribution is -0.151. The van der Waals surface area contributed by atoms with E-state index in [0.29, 0.717) is 18.2 Å². The summed E-state index contributed by atoms with van der Waals surface area (Å²) in [6, 6.07) is -0.623. The number of nitrogens with zero attached hydrogens (tertiary/aromatic N) is 4. The molecule has 3 aliphatic rings. The maximum atomic E-state index is 12.6. The van der Waals surface area contributed by atoms with Crippen LogP contribution in [0.5, 0.6) is 0 Å². The van der Waals surface area contributed by atoms with E-state index in [4.69, 9.17) is 0 Å².